The number of nitrogen functional groups attached to an aromatic ring is 1. The molecule has 3 aromatic rings. The highest BCUT2D eigenvalue weighted by atomic mass is 32.1. The number of hydrogen-bond donors (Lipinski definition) is 2. The molecule has 0 atom stereocenters. The fourth-order valence-corrected chi connectivity index (χ4v) is 4.17. The Bertz CT molecular complexity index is 809. The van der Waals surface area contributed by atoms with Crippen LogP contribution in [-0.4, -0.2) is 9.97 Å². The lowest BCUT2D eigenvalue weighted by Crippen LogP contribution is -2.01. The van der Waals surface area contributed by atoms with E-state index in [-0.39, 0.29) is 0 Å². The predicted octanol–water partition coefficient (Wildman–Crippen LogP) is 3.90. The van der Waals surface area contributed by atoms with Crippen molar-refractivity contribution in [2.24, 2.45) is 0 Å². The molecule has 0 fully saturated rings. The van der Waals surface area contributed by atoms with E-state index in [1.165, 1.54) is 35.1 Å². The van der Waals surface area contributed by atoms with E-state index in [4.69, 9.17) is 5.73 Å². The lowest BCUT2D eigenvalue weighted by molar-refractivity contribution is 0.700. The number of anilines is 3. The summed E-state index contributed by atoms with van der Waals surface area (Å²) in [7, 11) is 0. The summed E-state index contributed by atoms with van der Waals surface area (Å²) < 4.78 is 0. The number of fused-ring (bicyclic) bond motifs is 3. The highest BCUT2D eigenvalue weighted by molar-refractivity contribution is 7.19. The molecule has 0 aliphatic heterocycles. The van der Waals surface area contributed by atoms with Crippen LogP contribution in [0.3, 0.4) is 0 Å². The van der Waals surface area contributed by atoms with Gasteiger partial charge in [-0.15, -0.1) is 11.3 Å². The Morgan fingerprint density at radius 3 is 2.95 bits per heavy atom. The van der Waals surface area contributed by atoms with Crippen molar-refractivity contribution in [1.82, 2.24) is 9.97 Å². The quantitative estimate of drug-likeness (QED) is 0.704. The number of rotatable bonds is 2. The Kier molecular flexibility index (Phi) is 3.00. The van der Waals surface area contributed by atoms with Gasteiger partial charge in [0.25, 0.3) is 0 Å². The van der Waals surface area contributed by atoms with Gasteiger partial charge in [-0.25, -0.2) is 9.97 Å². The summed E-state index contributed by atoms with van der Waals surface area (Å²) in [6.45, 7) is 0. The molecular formula is C16H16N4S. The molecule has 2 aromatic heterocycles. The average molecular weight is 296 g/mol. The number of nitrogens with zero attached hydrogens (tertiary/aromatic N) is 2. The molecule has 106 valence electrons. The Hall–Kier alpha value is -2.14. The van der Waals surface area contributed by atoms with Crippen LogP contribution in [0.4, 0.5) is 17.2 Å². The summed E-state index contributed by atoms with van der Waals surface area (Å²) in [5.74, 6) is 0.894. The molecule has 1 aromatic carbocycles. The predicted molar refractivity (Wildman–Crippen MR) is 88.2 cm³/mol. The number of thiophene rings is 1. The molecule has 5 heteroatoms. The summed E-state index contributed by atoms with van der Waals surface area (Å²) in [6.07, 6.45) is 6.48. The van der Waals surface area contributed by atoms with Gasteiger partial charge in [0, 0.05) is 16.3 Å². The van der Waals surface area contributed by atoms with Crippen LogP contribution in [0.2, 0.25) is 0 Å². The number of hydrogen-bond acceptors (Lipinski definition) is 5. The molecule has 0 saturated heterocycles. The van der Waals surface area contributed by atoms with Crippen LogP contribution in [0.15, 0.2) is 30.6 Å². The number of aromatic nitrogens is 2. The van der Waals surface area contributed by atoms with Gasteiger partial charge < -0.3 is 11.1 Å². The highest BCUT2D eigenvalue weighted by Crippen LogP contribution is 2.38. The summed E-state index contributed by atoms with van der Waals surface area (Å²) in [4.78, 5) is 11.5. The molecule has 1 aliphatic carbocycles. The zero-order valence-corrected chi connectivity index (χ0v) is 12.4. The van der Waals surface area contributed by atoms with Crippen molar-refractivity contribution in [3.63, 3.8) is 0 Å². The van der Waals surface area contributed by atoms with E-state index < -0.39 is 0 Å². The third-order valence-electron chi connectivity index (χ3n) is 3.90. The highest BCUT2D eigenvalue weighted by Gasteiger charge is 2.19. The van der Waals surface area contributed by atoms with E-state index in [1.54, 1.807) is 6.33 Å². The zero-order chi connectivity index (χ0) is 14.2. The Labute approximate surface area is 127 Å². The minimum Gasteiger partial charge on any atom is -0.399 e. The number of nitrogens with one attached hydrogen (secondary N) is 1. The van der Waals surface area contributed by atoms with Gasteiger partial charge in [0.1, 0.15) is 17.0 Å². The van der Waals surface area contributed by atoms with Crippen LogP contribution in [0.25, 0.3) is 10.2 Å². The van der Waals surface area contributed by atoms with Gasteiger partial charge in [-0.2, -0.15) is 0 Å². The normalized spacial score (nSPS) is 14.1. The van der Waals surface area contributed by atoms with E-state index >= 15 is 0 Å². The van der Waals surface area contributed by atoms with Gasteiger partial charge in [-0.3, -0.25) is 0 Å². The third kappa shape index (κ3) is 2.23. The van der Waals surface area contributed by atoms with Crippen molar-refractivity contribution in [2.45, 2.75) is 25.7 Å². The fourth-order valence-electron chi connectivity index (χ4n) is 2.94. The molecule has 21 heavy (non-hydrogen) atoms. The van der Waals surface area contributed by atoms with Gasteiger partial charge in [0.15, 0.2) is 0 Å². The lowest BCUT2D eigenvalue weighted by atomic mass is 9.97. The Morgan fingerprint density at radius 1 is 1.14 bits per heavy atom. The second kappa shape index (κ2) is 5.00. The maximum absolute atomic E-state index is 5.85. The molecule has 0 bridgehead atoms. The molecule has 3 N–H and O–H groups in total. The summed E-state index contributed by atoms with van der Waals surface area (Å²) >= 11 is 1.81. The van der Waals surface area contributed by atoms with Crippen LogP contribution in [0.1, 0.15) is 23.3 Å². The van der Waals surface area contributed by atoms with E-state index in [1.807, 2.05) is 35.6 Å². The Morgan fingerprint density at radius 2 is 2.05 bits per heavy atom. The van der Waals surface area contributed by atoms with E-state index in [0.29, 0.717) is 0 Å². The van der Waals surface area contributed by atoms with Crippen LogP contribution < -0.4 is 11.1 Å². The van der Waals surface area contributed by atoms with E-state index in [9.17, 15) is 0 Å². The lowest BCUT2D eigenvalue weighted by Gasteiger charge is -2.12. The van der Waals surface area contributed by atoms with Gasteiger partial charge in [0.2, 0.25) is 0 Å². The second-order valence-electron chi connectivity index (χ2n) is 5.36. The van der Waals surface area contributed by atoms with Crippen molar-refractivity contribution in [3.8, 4) is 0 Å². The first kappa shape index (κ1) is 12.6. The zero-order valence-electron chi connectivity index (χ0n) is 11.6. The first-order chi connectivity index (χ1) is 10.3. The topological polar surface area (TPSA) is 63.8 Å². The molecule has 0 saturated carbocycles. The maximum atomic E-state index is 5.85. The first-order valence-electron chi connectivity index (χ1n) is 7.19. The number of nitrogens with two attached hydrogens (primary N) is 1. The minimum atomic E-state index is 0.748. The minimum absolute atomic E-state index is 0.748. The monoisotopic (exact) mass is 296 g/mol. The summed E-state index contributed by atoms with van der Waals surface area (Å²) in [5, 5.41) is 4.59. The van der Waals surface area contributed by atoms with Crippen molar-refractivity contribution in [1.29, 1.82) is 0 Å². The SMILES string of the molecule is Nc1cccc(Nc2ncnc3sc4c(c23)CCCC4)c1. The first-order valence-corrected chi connectivity index (χ1v) is 8.01. The van der Waals surface area contributed by atoms with Gasteiger partial charge in [0.05, 0.1) is 5.39 Å². The largest absolute Gasteiger partial charge is 0.399 e. The molecule has 0 spiro atoms. The van der Waals surface area contributed by atoms with Gasteiger partial charge >= 0.3 is 0 Å². The number of benzene rings is 1. The van der Waals surface area contributed by atoms with Gasteiger partial charge in [-0.1, -0.05) is 6.07 Å². The second-order valence-corrected chi connectivity index (χ2v) is 6.45. The molecule has 4 rings (SSSR count). The van der Waals surface area contributed by atoms with Crippen LogP contribution in [-0.2, 0) is 12.8 Å². The third-order valence-corrected chi connectivity index (χ3v) is 5.10. The van der Waals surface area contributed by atoms with E-state index in [0.717, 1.165) is 28.4 Å². The fraction of sp³-hybridized carbons (Fsp3) is 0.250. The smallest absolute Gasteiger partial charge is 0.142 e. The summed E-state index contributed by atoms with van der Waals surface area (Å²) in [5.41, 5.74) is 8.99. The average Bonchev–Trinajstić information content (AvgIpc) is 2.87. The molecule has 0 radical (unpaired) electrons. The maximum Gasteiger partial charge on any atom is 0.142 e. The standard InChI is InChI=1S/C16H16N4S/c17-10-4-3-5-11(8-10)20-15-14-12-6-1-2-7-13(12)21-16(14)19-9-18-15/h3-5,8-9H,1-2,6-7,17H2,(H,18,19,20). The molecule has 2 heterocycles. The van der Waals surface area contributed by atoms with Crippen molar-refractivity contribution < 1.29 is 0 Å². The van der Waals surface area contributed by atoms with Gasteiger partial charge in [-0.05, 0) is 49.4 Å². The Balaban J connectivity index is 1.83. The van der Waals surface area contributed by atoms with Crippen molar-refractivity contribution >= 4 is 38.7 Å². The molecular weight excluding hydrogens is 280 g/mol. The van der Waals surface area contributed by atoms with Crippen LogP contribution >= 0.6 is 11.3 Å². The van der Waals surface area contributed by atoms with Crippen LogP contribution in [0.5, 0.6) is 0 Å². The number of aryl methyl sites for hydroxylation is 2. The molecule has 0 amide bonds. The van der Waals surface area contributed by atoms with Crippen molar-refractivity contribution in [3.05, 3.63) is 41.0 Å². The van der Waals surface area contributed by atoms with E-state index in [2.05, 4.69) is 15.3 Å². The molecule has 1 aliphatic rings. The molecule has 0 unspecified atom stereocenters. The summed E-state index contributed by atoms with van der Waals surface area (Å²) in [6, 6.07) is 7.75. The molecule has 4 nitrogen and oxygen atoms in total. The van der Waals surface area contributed by atoms with Crippen molar-refractivity contribution in [2.75, 3.05) is 11.1 Å². The van der Waals surface area contributed by atoms with Crippen LogP contribution in [0, 0.1) is 0 Å².